The fourth-order valence-corrected chi connectivity index (χ4v) is 1.81. The average molecular weight is 267 g/mol. The summed E-state index contributed by atoms with van der Waals surface area (Å²) in [4.78, 5) is 17.9. The van der Waals surface area contributed by atoms with Gasteiger partial charge in [-0.25, -0.2) is 9.37 Å². The molecule has 1 heterocycles. The van der Waals surface area contributed by atoms with Gasteiger partial charge < -0.3 is 10.2 Å². The van der Waals surface area contributed by atoms with Gasteiger partial charge >= 0.3 is 0 Å². The zero-order valence-electron chi connectivity index (χ0n) is 12.0. The molecule has 1 atom stereocenters. The molecule has 1 unspecified atom stereocenters. The van der Waals surface area contributed by atoms with Crippen molar-refractivity contribution < 1.29 is 9.18 Å². The molecule has 0 saturated carbocycles. The lowest BCUT2D eigenvalue weighted by Crippen LogP contribution is -2.35. The lowest BCUT2D eigenvalue weighted by Gasteiger charge is -2.24. The van der Waals surface area contributed by atoms with Gasteiger partial charge in [0.2, 0.25) is 0 Å². The number of pyridine rings is 1. The maximum absolute atomic E-state index is 14.1. The van der Waals surface area contributed by atoms with E-state index < -0.39 is 5.82 Å². The minimum Gasteiger partial charge on any atom is -0.371 e. The van der Waals surface area contributed by atoms with Crippen molar-refractivity contribution >= 4 is 11.7 Å². The van der Waals surface area contributed by atoms with Crippen LogP contribution in [0.15, 0.2) is 12.3 Å². The molecule has 0 spiro atoms. The van der Waals surface area contributed by atoms with Gasteiger partial charge in [-0.15, -0.1) is 0 Å². The summed E-state index contributed by atoms with van der Waals surface area (Å²) in [6.07, 6.45) is 2.43. The Labute approximate surface area is 114 Å². The number of aromatic nitrogens is 1. The normalized spacial score (nSPS) is 12.1. The van der Waals surface area contributed by atoms with Crippen LogP contribution in [0.1, 0.15) is 37.6 Å². The van der Waals surface area contributed by atoms with E-state index in [9.17, 15) is 9.18 Å². The number of carbonyl (C=O) groups excluding carboxylic acids is 1. The molecular weight excluding hydrogens is 245 g/mol. The van der Waals surface area contributed by atoms with Gasteiger partial charge in [-0.05, 0) is 18.9 Å². The predicted octanol–water partition coefficient (Wildman–Crippen LogP) is 2.77. The monoisotopic (exact) mass is 267 g/mol. The first-order chi connectivity index (χ1) is 9.04. The lowest BCUT2D eigenvalue weighted by molar-refractivity contribution is 0.0736. The van der Waals surface area contributed by atoms with Gasteiger partial charge in [0.1, 0.15) is 0 Å². The molecule has 1 amide bonds. The SMILES string of the molecule is CCC(C)CN(CC)C(=O)c1ccnc(NC)c1F. The second-order valence-electron chi connectivity index (χ2n) is 4.63. The summed E-state index contributed by atoms with van der Waals surface area (Å²) >= 11 is 0. The summed E-state index contributed by atoms with van der Waals surface area (Å²) in [5.41, 5.74) is 0.0736. The van der Waals surface area contributed by atoms with Gasteiger partial charge in [0.15, 0.2) is 11.6 Å². The largest absolute Gasteiger partial charge is 0.371 e. The van der Waals surface area contributed by atoms with E-state index in [4.69, 9.17) is 0 Å². The number of amides is 1. The number of carbonyl (C=O) groups is 1. The van der Waals surface area contributed by atoms with E-state index in [0.29, 0.717) is 19.0 Å². The van der Waals surface area contributed by atoms with Crippen LogP contribution in [-0.2, 0) is 0 Å². The van der Waals surface area contributed by atoms with Gasteiger partial charge in [-0.2, -0.15) is 0 Å². The fraction of sp³-hybridized carbons (Fsp3) is 0.571. The van der Waals surface area contributed by atoms with Crippen molar-refractivity contribution in [3.8, 4) is 0 Å². The number of hydrogen-bond acceptors (Lipinski definition) is 3. The lowest BCUT2D eigenvalue weighted by atomic mass is 10.1. The Hall–Kier alpha value is -1.65. The quantitative estimate of drug-likeness (QED) is 0.862. The molecule has 4 nitrogen and oxygen atoms in total. The molecule has 0 aliphatic heterocycles. The minimum absolute atomic E-state index is 0.0736. The van der Waals surface area contributed by atoms with Crippen LogP contribution in [-0.4, -0.2) is 35.9 Å². The molecule has 1 aromatic heterocycles. The highest BCUT2D eigenvalue weighted by Gasteiger charge is 2.21. The van der Waals surface area contributed by atoms with E-state index in [1.807, 2.05) is 6.92 Å². The highest BCUT2D eigenvalue weighted by Crippen LogP contribution is 2.17. The van der Waals surface area contributed by atoms with E-state index in [2.05, 4.69) is 24.1 Å². The van der Waals surface area contributed by atoms with Gasteiger partial charge in [0, 0.05) is 26.3 Å². The third-order valence-corrected chi connectivity index (χ3v) is 3.25. The van der Waals surface area contributed by atoms with Crippen molar-refractivity contribution in [1.29, 1.82) is 0 Å². The molecule has 5 heteroatoms. The Morgan fingerprint density at radius 3 is 2.74 bits per heavy atom. The van der Waals surface area contributed by atoms with E-state index >= 15 is 0 Å². The van der Waals surface area contributed by atoms with Crippen molar-refractivity contribution in [1.82, 2.24) is 9.88 Å². The number of halogens is 1. The Balaban J connectivity index is 2.97. The van der Waals surface area contributed by atoms with Crippen LogP contribution in [0.2, 0.25) is 0 Å². The molecule has 0 bridgehead atoms. The molecule has 1 N–H and O–H groups in total. The molecule has 0 aliphatic carbocycles. The first kappa shape index (κ1) is 15.4. The summed E-state index contributed by atoms with van der Waals surface area (Å²) in [5, 5.41) is 2.64. The molecule has 0 aliphatic rings. The third-order valence-electron chi connectivity index (χ3n) is 3.25. The van der Waals surface area contributed by atoms with Crippen molar-refractivity contribution in [3.05, 3.63) is 23.6 Å². The minimum atomic E-state index is -0.586. The van der Waals surface area contributed by atoms with Crippen LogP contribution in [0.3, 0.4) is 0 Å². The number of nitrogens with zero attached hydrogens (tertiary/aromatic N) is 2. The third kappa shape index (κ3) is 3.66. The maximum atomic E-state index is 14.1. The summed E-state index contributed by atoms with van der Waals surface area (Å²) in [7, 11) is 1.58. The Morgan fingerprint density at radius 2 is 2.21 bits per heavy atom. The molecule has 0 radical (unpaired) electrons. The van der Waals surface area contributed by atoms with Crippen molar-refractivity contribution in [2.45, 2.75) is 27.2 Å². The fourth-order valence-electron chi connectivity index (χ4n) is 1.81. The molecule has 0 saturated heterocycles. The maximum Gasteiger partial charge on any atom is 0.257 e. The molecule has 19 heavy (non-hydrogen) atoms. The summed E-state index contributed by atoms with van der Waals surface area (Å²) in [5.74, 6) is -0.361. The highest BCUT2D eigenvalue weighted by molar-refractivity contribution is 5.95. The van der Waals surface area contributed by atoms with Gasteiger partial charge in [0.05, 0.1) is 5.56 Å². The standard InChI is InChI=1S/C14H22FN3O/c1-5-10(3)9-18(6-2)14(19)11-7-8-17-13(16-4)12(11)15/h7-8,10H,5-6,9H2,1-4H3,(H,16,17). The Morgan fingerprint density at radius 1 is 1.53 bits per heavy atom. The van der Waals surface area contributed by atoms with Crippen molar-refractivity contribution in [2.75, 3.05) is 25.5 Å². The van der Waals surface area contributed by atoms with Crippen LogP contribution < -0.4 is 5.32 Å². The topological polar surface area (TPSA) is 45.2 Å². The van der Waals surface area contributed by atoms with E-state index in [0.717, 1.165) is 6.42 Å². The molecule has 0 aromatic carbocycles. The van der Waals surface area contributed by atoms with Crippen LogP contribution in [0, 0.1) is 11.7 Å². The van der Waals surface area contributed by atoms with Crippen molar-refractivity contribution in [2.24, 2.45) is 5.92 Å². The molecule has 0 fully saturated rings. The average Bonchev–Trinajstić information content (AvgIpc) is 2.44. The molecule has 1 rings (SSSR count). The van der Waals surface area contributed by atoms with Gasteiger partial charge in [0.25, 0.3) is 5.91 Å². The van der Waals surface area contributed by atoms with E-state index in [1.54, 1.807) is 11.9 Å². The Bertz CT molecular complexity index is 437. The first-order valence-electron chi connectivity index (χ1n) is 6.66. The first-order valence-corrected chi connectivity index (χ1v) is 6.66. The molecular formula is C14H22FN3O. The van der Waals surface area contributed by atoms with Gasteiger partial charge in [-0.3, -0.25) is 4.79 Å². The highest BCUT2D eigenvalue weighted by atomic mass is 19.1. The van der Waals surface area contributed by atoms with Gasteiger partial charge in [-0.1, -0.05) is 20.3 Å². The smallest absolute Gasteiger partial charge is 0.257 e. The number of nitrogens with one attached hydrogen (secondary N) is 1. The van der Waals surface area contributed by atoms with Crippen LogP contribution >= 0.6 is 0 Å². The zero-order chi connectivity index (χ0) is 14.4. The predicted molar refractivity (Wildman–Crippen MR) is 74.8 cm³/mol. The molecule has 1 aromatic rings. The number of rotatable bonds is 6. The summed E-state index contributed by atoms with van der Waals surface area (Å²) in [6, 6.07) is 1.43. The van der Waals surface area contributed by atoms with Crippen LogP contribution in [0.25, 0.3) is 0 Å². The van der Waals surface area contributed by atoms with E-state index in [1.165, 1.54) is 12.3 Å². The number of anilines is 1. The summed E-state index contributed by atoms with van der Waals surface area (Å²) < 4.78 is 14.1. The number of hydrogen-bond donors (Lipinski definition) is 1. The second-order valence-corrected chi connectivity index (χ2v) is 4.63. The zero-order valence-corrected chi connectivity index (χ0v) is 12.0. The summed E-state index contributed by atoms with van der Waals surface area (Å²) in [6.45, 7) is 7.27. The van der Waals surface area contributed by atoms with Crippen molar-refractivity contribution in [3.63, 3.8) is 0 Å². The van der Waals surface area contributed by atoms with E-state index in [-0.39, 0.29) is 17.3 Å². The second kappa shape index (κ2) is 7.07. The Kier molecular flexibility index (Phi) is 5.73. The van der Waals surface area contributed by atoms with Crippen LogP contribution in [0.5, 0.6) is 0 Å². The molecule has 106 valence electrons. The van der Waals surface area contributed by atoms with Crippen LogP contribution in [0.4, 0.5) is 10.2 Å².